The average Bonchev–Trinajstić information content (AvgIpc) is 2.62. The summed E-state index contributed by atoms with van der Waals surface area (Å²) in [6.07, 6.45) is 0. The Bertz CT molecular complexity index is 867. The lowest BCUT2D eigenvalue weighted by Gasteiger charge is -2.11. The largest absolute Gasteiger partial charge is 0.508 e. The predicted molar refractivity (Wildman–Crippen MR) is 95.0 cm³/mol. The topological polar surface area (TPSA) is 107 Å². The van der Waals surface area contributed by atoms with Gasteiger partial charge in [-0.3, -0.25) is 4.79 Å². The normalized spacial score (nSPS) is 10.2. The Morgan fingerprint density at radius 1 is 1.00 bits per heavy atom. The summed E-state index contributed by atoms with van der Waals surface area (Å²) in [4.78, 5) is 19.4. The third-order valence-electron chi connectivity index (χ3n) is 3.33. The molecule has 126 valence electrons. The summed E-state index contributed by atoms with van der Waals surface area (Å²) >= 11 is 0. The van der Waals surface area contributed by atoms with Crippen LogP contribution in [0.3, 0.4) is 0 Å². The highest BCUT2D eigenvalue weighted by Crippen LogP contribution is 2.24. The van der Waals surface area contributed by atoms with E-state index < -0.39 is 5.97 Å². The van der Waals surface area contributed by atoms with E-state index in [0.717, 1.165) is 11.3 Å². The van der Waals surface area contributed by atoms with Crippen LogP contribution in [0.5, 0.6) is 5.75 Å². The number of anilines is 3. The van der Waals surface area contributed by atoms with Crippen molar-refractivity contribution in [2.75, 3.05) is 17.2 Å². The van der Waals surface area contributed by atoms with Gasteiger partial charge in [0.1, 0.15) is 18.1 Å². The minimum Gasteiger partial charge on any atom is -0.508 e. The van der Waals surface area contributed by atoms with E-state index in [0.29, 0.717) is 11.5 Å². The summed E-state index contributed by atoms with van der Waals surface area (Å²) in [6, 6.07) is 17.8. The molecule has 0 saturated heterocycles. The molecule has 1 heterocycles. The Labute approximate surface area is 144 Å². The molecular formula is C18H16N4O3. The first kappa shape index (κ1) is 16.3. The lowest BCUT2D eigenvalue weighted by molar-refractivity contribution is -0.134. The van der Waals surface area contributed by atoms with Crippen LogP contribution in [0, 0.1) is 0 Å². The molecule has 3 rings (SSSR count). The number of nitrogens with one attached hydrogen (secondary N) is 2. The Morgan fingerprint density at radius 3 is 2.40 bits per heavy atom. The fraction of sp³-hybridized carbons (Fsp3) is 0.0556. The van der Waals surface area contributed by atoms with Crippen LogP contribution in [0.4, 0.5) is 17.5 Å². The smallest absolute Gasteiger partial charge is 0.322 e. The quantitative estimate of drug-likeness (QED) is 0.512. The maximum absolute atomic E-state index is 10.8. The molecule has 0 amide bonds. The minimum atomic E-state index is -0.998. The van der Waals surface area contributed by atoms with Crippen LogP contribution in [0.25, 0.3) is 11.3 Å². The van der Waals surface area contributed by atoms with Gasteiger partial charge in [-0.15, -0.1) is 0 Å². The van der Waals surface area contributed by atoms with E-state index in [1.54, 1.807) is 30.3 Å². The van der Waals surface area contributed by atoms with E-state index in [9.17, 15) is 9.90 Å². The van der Waals surface area contributed by atoms with Gasteiger partial charge in [0.2, 0.25) is 5.95 Å². The van der Waals surface area contributed by atoms with Crippen molar-refractivity contribution < 1.29 is 15.0 Å². The highest BCUT2D eigenvalue weighted by molar-refractivity contribution is 5.73. The van der Waals surface area contributed by atoms with Crippen molar-refractivity contribution in [3.63, 3.8) is 0 Å². The number of phenolic OH excluding ortho intramolecular Hbond substituents is 1. The van der Waals surface area contributed by atoms with Crippen LogP contribution in [0.2, 0.25) is 0 Å². The molecule has 2 aromatic carbocycles. The molecule has 0 unspecified atom stereocenters. The number of carboxylic acid groups (broad SMARTS) is 1. The molecule has 0 atom stereocenters. The van der Waals surface area contributed by atoms with Crippen molar-refractivity contribution in [1.29, 1.82) is 0 Å². The number of carboxylic acids is 1. The van der Waals surface area contributed by atoms with Crippen molar-refractivity contribution >= 4 is 23.4 Å². The van der Waals surface area contributed by atoms with Gasteiger partial charge in [0.25, 0.3) is 0 Å². The highest BCUT2D eigenvalue weighted by atomic mass is 16.4. The Balaban J connectivity index is 1.93. The van der Waals surface area contributed by atoms with Crippen LogP contribution in [-0.4, -0.2) is 32.7 Å². The Hall–Kier alpha value is -3.61. The highest BCUT2D eigenvalue weighted by Gasteiger charge is 2.08. The van der Waals surface area contributed by atoms with Gasteiger partial charge in [0, 0.05) is 17.3 Å². The molecule has 0 saturated carbocycles. The van der Waals surface area contributed by atoms with Crippen molar-refractivity contribution in [3.8, 4) is 17.0 Å². The maximum atomic E-state index is 10.8. The van der Waals surface area contributed by atoms with Crippen molar-refractivity contribution in [1.82, 2.24) is 9.97 Å². The zero-order valence-corrected chi connectivity index (χ0v) is 13.2. The zero-order chi connectivity index (χ0) is 17.6. The number of hydrogen-bond donors (Lipinski definition) is 4. The molecule has 4 N–H and O–H groups in total. The van der Waals surface area contributed by atoms with E-state index in [4.69, 9.17) is 5.11 Å². The first-order chi connectivity index (χ1) is 12.1. The number of rotatable bonds is 6. The second-order valence-corrected chi connectivity index (χ2v) is 5.25. The maximum Gasteiger partial charge on any atom is 0.322 e. The summed E-state index contributed by atoms with van der Waals surface area (Å²) < 4.78 is 0. The lowest BCUT2D eigenvalue weighted by Crippen LogP contribution is -2.15. The van der Waals surface area contributed by atoms with Crippen molar-refractivity contribution in [3.05, 3.63) is 60.7 Å². The van der Waals surface area contributed by atoms with E-state index >= 15 is 0 Å². The lowest BCUT2D eigenvalue weighted by atomic mass is 10.1. The molecule has 3 aromatic rings. The number of aromatic nitrogens is 2. The Kier molecular flexibility index (Phi) is 4.75. The summed E-state index contributed by atoms with van der Waals surface area (Å²) in [7, 11) is 0. The number of benzene rings is 2. The van der Waals surface area contributed by atoms with E-state index in [2.05, 4.69) is 20.6 Å². The number of aliphatic carboxylic acids is 1. The average molecular weight is 336 g/mol. The van der Waals surface area contributed by atoms with Gasteiger partial charge >= 0.3 is 5.97 Å². The van der Waals surface area contributed by atoms with Crippen LogP contribution in [0.1, 0.15) is 0 Å². The van der Waals surface area contributed by atoms with Gasteiger partial charge in [-0.05, 0) is 24.3 Å². The monoisotopic (exact) mass is 336 g/mol. The third kappa shape index (κ3) is 4.44. The molecule has 0 bridgehead atoms. The first-order valence-electron chi connectivity index (χ1n) is 7.56. The Morgan fingerprint density at radius 2 is 1.72 bits per heavy atom. The molecule has 0 aliphatic carbocycles. The van der Waals surface area contributed by atoms with Gasteiger partial charge in [-0.25, -0.2) is 4.98 Å². The number of phenols is 1. The molecule has 0 aliphatic rings. The number of aromatic hydroxyl groups is 1. The molecule has 1 aromatic heterocycles. The summed E-state index contributed by atoms with van der Waals surface area (Å²) in [5.74, 6) is -0.110. The molecule has 0 aliphatic heterocycles. The summed E-state index contributed by atoms with van der Waals surface area (Å²) in [5, 5.41) is 24.0. The summed E-state index contributed by atoms with van der Waals surface area (Å²) in [6.45, 7) is -0.281. The predicted octanol–water partition coefficient (Wildman–Crippen LogP) is 3.09. The summed E-state index contributed by atoms with van der Waals surface area (Å²) in [5.41, 5.74) is 2.28. The van der Waals surface area contributed by atoms with E-state index in [1.165, 1.54) is 0 Å². The van der Waals surface area contributed by atoms with Gasteiger partial charge < -0.3 is 20.8 Å². The fourth-order valence-corrected chi connectivity index (χ4v) is 2.19. The second-order valence-electron chi connectivity index (χ2n) is 5.25. The number of hydrogen-bond acceptors (Lipinski definition) is 6. The number of carbonyl (C=O) groups is 1. The van der Waals surface area contributed by atoms with E-state index in [-0.39, 0.29) is 18.2 Å². The van der Waals surface area contributed by atoms with Crippen LogP contribution in [0.15, 0.2) is 60.7 Å². The van der Waals surface area contributed by atoms with Crippen LogP contribution < -0.4 is 10.6 Å². The van der Waals surface area contributed by atoms with Gasteiger partial charge in [0.15, 0.2) is 0 Å². The number of nitrogens with zero attached hydrogens (tertiary/aromatic N) is 2. The molecule has 25 heavy (non-hydrogen) atoms. The molecule has 0 fully saturated rings. The second kappa shape index (κ2) is 7.31. The van der Waals surface area contributed by atoms with Gasteiger partial charge in [-0.1, -0.05) is 30.3 Å². The molecule has 0 radical (unpaired) electrons. The third-order valence-corrected chi connectivity index (χ3v) is 3.33. The minimum absolute atomic E-state index is 0.169. The van der Waals surface area contributed by atoms with Crippen LogP contribution in [-0.2, 0) is 4.79 Å². The molecule has 0 spiro atoms. The molecule has 7 nitrogen and oxygen atoms in total. The van der Waals surface area contributed by atoms with Gasteiger partial charge in [0.05, 0.1) is 5.69 Å². The SMILES string of the molecule is O=C(O)CNc1nc(Nc2ccc(O)cc2)cc(-c2ccccc2)n1. The van der Waals surface area contributed by atoms with Gasteiger partial charge in [-0.2, -0.15) is 4.98 Å². The zero-order valence-electron chi connectivity index (χ0n) is 13.2. The van der Waals surface area contributed by atoms with Crippen LogP contribution >= 0.6 is 0 Å². The molecule has 7 heteroatoms. The molecular weight excluding hydrogens is 320 g/mol. The first-order valence-corrected chi connectivity index (χ1v) is 7.56. The van der Waals surface area contributed by atoms with E-state index in [1.807, 2.05) is 30.3 Å². The standard InChI is InChI=1S/C18H16N4O3/c23-14-8-6-13(7-9-14)20-16-10-15(12-4-2-1-3-5-12)21-18(22-16)19-11-17(24)25/h1-10,23H,11H2,(H,24,25)(H2,19,20,21,22). The fourth-order valence-electron chi connectivity index (χ4n) is 2.19. The van der Waals surface area contributed by atoms with Crippen molar-refractivity contribution in [2.24, 2.45) is 0 Å². The van der Waals surface area contributed by atoms with Crippen molar-refractivity contribution in [2.45, 2.75) is 0 Å².